The molecular formula is C14H22N2O5. The van der Waals surface area contributed by atoms with Crippen molar-refractivity contribution in [3.05, 3.63) is 25.3 Å². The van der Waals surface area contributed by atoms with E-state index in [1.165, 1.54) is 0 Å². The van der Waals surface area contributed by atoms with Crippen LogP contribution in [0.15, 0.2) is 30.3 Å². The molecule has 118 valence electrons. The Labute approximate surface area is 124 Å². The van der Waals surface area contributed by atoms with E-state index in [2.05, 4.69) is 18.2 Å². The lowest BCUT2D eigenvalue weighted by molar-refractivity contribution is -0.143. The topological polar surface area (TPSA) is 100 Å². The average Bonchev–Trinajstić information content (AvgIpc) is 2.48. The van der Waals surface area contributed by atoms with Gasteiger partial charge < -0.3 is 19.9 Å². The number of rotatable bonds is 9. The van der Waals surface area contributed by atoms with Crippen molar-refractivity contribution < 1.29 is 23.8 Å². The molecule has 0 aliphatic carbocycles. The van der Waals surface area contributed by atoms with Gasteiger partial charge >= 0.3 is 11.9 Å². The summed E-state index contributed by atoms with van der Waals surface area (Å²) in [5, 5.41) is 0. The molecule has 0 saturated carbocycles. The lowest BCUT2D eigenvalue weighted by Crippen LogP contribution is -2.39. The van der Waals surface area contributed by atoms with Gasteiger partial charge in [-0.3, -0.25) is 0 Å². The second-order valence-corrected chi connectivity index (χ2v) is 4.42. The molecule has 0 aromatic rings. The van der Waals surface area contributed by atoms with Crippen molar-refractivity contribution >= 4 is 18.0 Å². The molecule has 0 aromatic carbocycles. The normalized spacial score (nSPS) is 11.4. The molecule has 0 heterocycles. The van der Waals surface area contributed by atoms with Crippen molar-refractivity contribution in [3.8, 4) is 0 Å². The second-order valence-electron chi connectivity index (χ2n) is 4.42. The molecule has 0 saturated heterocycles. The number of carbonyl (C=O) groups is 2. The van der Waals surface area contributed by atoms with Gasteiger partial charge in [0.25, 0.3) is 6.02 Å². The SMILES string of the molecule is C=CC(=O)OCC(C)(COC(=O)C=C)N=C(N)OCCC. The van der Waals surface area contributed by atoms with Gasteiger partial charge in [-0.15, -0.1) is 0 Å². The number of hydrogen-bond donors (Lipinski definition) is 1. The Morgan fingerprint density at radius 1 is 1.14 bits per heavy atom. The third-order valence-corrected chi connectivity index (χ3v) is 2.22. The lowest BCUT2D eigenvalue weighted by Gasteiger charge is -2.24. The van der Waals surface area contributed by atoms with Crippen LogP contribution in [0, 0.1) is 0 Å². The van der Waals surface area contributed by atoms with Crippen LogP contribution in [0.3, 0.4) is 0 Å². The van der Waals surface area contributed by atoms with Crippen molar-refractivity contribution in [3.63, 3.8) is 0 Å². The number of hydrogen-bond acceptors (Lipinski definition) is 6. The van der Waals surface area contributed by atoms with Crippen molar-refractivity contribution in [2.45, 2.75) is 25.8 Å². The molecule has 7 heteroatoms. The van der Waals surface area contributed by atoms with Gasteiger partial charge in [0.15, 0.2) is 0 Å². The summed E-state index contributed by atoms with van der Waals surface area (Å²) in [5.74, 6) is -1.22. The Morgan fingerprint density at radius 2 is 1.62 bits per heavy atom. The van der Waals surface area contributed by atoms with E-state index < -0.39 is 17.5 Å². The van der Waals surface area contributed by atoms with Gasteiger partial charge in [-0.05, 0) is 13.3 Å². The van der Waals surface area contributed by atoms with E-state index in [0.29, 0.717) is 6.61 Å². The van der Waals surface area contributed by atoms with Gasteiger partial charge in [-0.2, -0.15) is 0 Å². The molecular weight excluding hydrogens is 276 g/mol. The molecule has 2 N–H and O–H groups in total. The number of carbonyl (C=O) groups excluding carboxylic acids is 2. The van der Waals surface area contributed by atoms with E-state index in [-0.39, 0.29) is 19.2 Å². The first-order chi connectivity index (χ1) is 9.86. The summed E-state index contributed by atoms with van der Waals surface area (Å²) in [5.41, 5.74) is 4.57. The Kier molecular flexibility index (Phi) is 8.52. The fourth-order valence-corrected chi connectivity index (χ4v) is 1.18. The zero-order chi connectivity index (χ0) is 16.3. The summed E-state index contributed by atoms with van der Waals surface area (Å²) in [6.07, 6.45) is 2.82. The van der Waals surface area contributed by atoms with Crippen molar-refractivity contribution in [1.82, 2.24) is 0 Å². The summed E-state index contributed by atoms with van der Waals surface area (Å²) in [6.45, 7) is 10.2. The maximum atomic E-state index is 11.1. The fourth-order valence-electron chi connectivity index (χ4n) is 1.18. The van der Waals surface area contributed by atoms with Gasteiger partial charge in [0.2, 0.25) is 0 Å². The van der Waals surface area contributed by atoms with Gasteiger partial charge in [0.1, 0.15) is 18.8 Å². The van der Waals surface area contributed by atoms with Crippen molar-refractivity contribution in [2.24, 2.45) is 10.7 Å². The zero-order valence-electron chi connectivity index (χ0n) is 12.5. The summed E-state index contributed by atoms with van der Waals surface area (Å²) < 4.78 is 15.0. The molecule has 0 unspecified atom stereocenters. The monoisotopic (exact) mass is 298 g/mol. The van der Waals surface area contributed by atoms with E-state index in [1.807, 2.05) is 6.92 Å². The highest BCUT2D eigenvalue weighted by molar-refractivity contribution is 5.81. The number of ether oxygens (including phenoxy) is 3. The Bertz CT molecular complexity index is 394. The predicted molar refractivity (Wildman–Crippen MR) is 78.6 cm³/mol. The molecule has 0 amide bonds. The molecule has 0 spiro atoms. The van der Waals surface area contributed by atoms with Crippen LogP contribution in [0.1, 0.15) is 20.3 Å². The van der Waals surface area contributed by atoms with Crippen LogP contribution in [0.4, 0.5) is 0 Å². The zero-order valence-corrected chi connectivity index (χ0v) is 12.5. The van der Waals surface area contributed by atoms with Crippen LogP contribution in [-0.2, 0) is 23.8 Å². The molecule has 0 atom stereocenters. The highest BCUT2D eigenvalue weighted by Gasteiger charge is 2.28. The van der Waals surface area contributed by atoms with Crippen LogP contribution < -0.4 is 5.73 Å². The van der Waals surface area contributed by atoms with E-state index in [0.717, 1.165) is 18.6 Å². The number of nitrogens with two attached hydrogens (primary N) is 1. The third kappa shape index (κ3) is 8.46. The number of nitrogens with zero attached hydrogens (tertiary/aromatic N) is 1. The largest absolute Gasteiger partial charge is 0.465 e. The average molecular weight is 298 g/mol. The minimum Gasteiger partial charge on any atom is -0.465 e. The smallest absolute Gasteiger partial charge is 0.330 e. The van der Waals surface area contributed by atoms with E-state index in [9.17, 15) is 9.59 Å². The molecule has 0 fully saturated rings. The van der Waals surface area contributed by atoms with Gasteiger partial charge in [-0.25, -0.2) is 14.6 Å². The third-order valence-electron chi connectivity index (χ3n) is 2.22. The van der Waals surface area contributed by atoms with Gasteiger partial charge in [-0.1, -0.05) is 20.1 Å². The Hall–Kier alpha value is -2.31. The lowest BCUT2D eigenvalue weighted by atomic mass is 10.1. The second kappa shape index (κ2) is 9.57. The number of esters is 2. The predicted octanol–water partition coefficient (Wildman–Crippen LogP) is 0.945. The van der Waals surface area contributed by atoms with E-state index in [1.54, 1.807) is 6.92 Å². The Balaban J connectivity index is 4.86. The molecule has 0 bridgehead atoms. The quantitative estimate of drug-likeness (QED) is 0.294. The highest BCUT2D eigenvalue weighted by atomic mass is 16.5. The standard InChI is InChI=1S/C14H22N2O5/c1-5-8-19-13(15)16-14(4,9-20-11(17)6-2)10-21-12(18)7-3/h6-7H,2-3,5,8-10H2,1,4H3,(H2,15,16). The minimum absolute atomic E-state index is 0.0661. The molecule has 0 radical (unpaired) electrons. The molecule has 7 nitrogen and oxygen atoms in total. The molecule has 0 aliphatic rings. The highest BCUT2D eigenvalue weighted by Crippen LogP contribution is 2.13. The molecule has 0 aromatic heterocycles. The summed E-state index contributed by atoms with van der Waals surface area (Å²) >= 11 is 0. The maximum Gasteiger partial charge on any atom is 0.330 e. The first-order valence-electron chi connectivity index (χ1n) is 6.43. The summed E-state index contributed by atoms with van der Waals surface area (Å²) in [4.78, 5) is 26.4. The Morgan fingerprint density at radius 3 is 2.00 bits per heavy atom. The van der Waals surface area contributed by atoms with Crippen LogP contribution in [-0.4, -0.2) is 43.3 Å². The first kappa shape index (κ1) is 18.7. The summed E-state index contributed by atoms with van der Waals surface area (Å²) in [6, 6.07) is -0.0661. The van der Waals surface area contributed by atoms with Crippen LogP contribution in [0.5, 0.6) is 0 Å². The van der Waals surface area contributed by atoms with Gasteiger partial charge in [0, 0.05) is 12.2 Å². The van der Waals surface area contributed by atoms with Crippen LogP contribution in [0.2, 0.25) is 0 Å². The van der Waals surface area contributed by atoms with Crippen LogP contribution in [0.25, 0.3) is 0 Å². The van der Waals surface area contributed by atoms with Crippen LogP contribution >= 0.6 is 0 Å². The number of aliphatic imine (C=N–C) groups is 1. The maximum absolute atomic E-state index is 11.1. The molecule has 0 aliphatic heterocycles. The van der Waals surface area contributed by atoms with Gasteiger partial charge in [0.05, 0.1) is 6.61 Å². The summed E-state index contributed by atoms with van der Waals surface area (Å²) in [7, 11) is 0. The minimum atomic E-state index is -1.06. The van der Waals surface area contributed by atoms with Crippen molar-refractivity contribution in [1.29, 1.82) is 0 Å². The number of amidine groups is 1. The molecule has 0 rings (SSSR count). The van der Waals surface area contributed by atoms with E-state index in [4.69, 9.17) is 19.9 Å². The van der Waals surface area contributed by atoms with E-state index >= 15 is 0 Å². The molecule has 21 heavy (non-hydrogen) atoms. The van der Waals surface area contributed by atoms with Crippen molar-refractivity contribution in [2.75, 3.05) is 19.8 Å². The fraction of sp³-hybridized carbons (Fsp3) is 0.500. The first-order valence-corrected chi connectivity index (χ1v) is 6.43.